The summed E-state index contributed by atoms with van der Waals surface area (Å²) in [6.07, 6.45) is 1.18. The lowest BCUT2D eigenvalue weighted by Crippen LogP contribution is -2.45. The van der Waals surface area contributed by atoms with Gasteiger partial charge in [-0.05, 0) is 6.92 Å². The van der Waals surface area contributed by atoms with Crippen LogP contribution in [0.5, 0.6) is 0 Å². The number of nitrogens with zero attached hydrogens (tertiary/aromatic N) is 1. The van der Waals surface area contributed by atoms with E-state index < -0.39 is 0 Å². The normalized spacial score (nSPS) is 32.5. The van der Waals surface area contributed by atoms with Gasteiger partial charge in [-0.15, -0.1) is 0 Å². The molecular weight excluding hydrogens is 238 g/mol. The first-order valence-corrected chi connectivity index (χ1v) is 7.28. The van der Waals surface area contributed by atoms with Crippen LogP contribution < -0.4 is 0 Å². The number of carbonyl (C=O) groups excluding carboxylic acids is 1. The highest BCUT2D eigenvalue weighted by Crippen LogP contribution is 2.41. The maximum atomic E-state index is 12.0. The lowest BCUT2D eigenvalue weighted by molar-refractivity contribution is -0.923. The fourth-order valence-corrected chi connectivity index (χ4v) is 3.88. The van der Waals surface area contributed by atoms with E-state index in [1.807, 2.05) is 6.92 Å². The predicted molar refractivity (Wildman–Crippen MR) is 73.2 cm³/mol. The smallest absolute Gasteiger partial charge is 0.315 e. The molecule has 19 heavy (non-hydrogen) atoms. The summed E-state index contributed by atoms with van der Waals surface area (Å²) >= 11 is 0. The first-order chi connectivity index (χ1) is 9.22. The van der Waals surface area contributed by atoms with Crippen molar-refractivity contribution in [3.63, 3.8) is 0 Å². The summed E-state index contributed by atoms with van der Waals surface area (Å²) in [4.78, 5) is 12.0. The Bertz CT molecular complexity index is 459. The molecule has 0 spiro atoms. The molecule has 0 radical (unpaired) electrons. The fourth-order valence-electron chi connectivity index (χ4n) is 3.88. The highest BCUT2D eigenvalue weighted by atomic mass is 16.5. The molecule has 1 aromatic carbocycles. The van der Waals surface area contributed by atoms with Gasteiger partial charge in [-0.3, -0.25) is 4.79 Å². The van der Waals surface area contributed by atoms with E-state index in [-0.39, 0.29) is 11.9 Å². The molecule has 3 rings (SSSR count). The van der Waals surface area contributed by atoms with Gasteiger partial charge in [-0.2, -0.15) is 0 Å². The summed E-state index contributed by atoms with van der Waals surface area (Å²) in [5.41, 5.74) is 1.38. The molecule has 0 N–H and O–H groups in total. The standard InChI is InChI=1S/C16H22NO2/c1-2-19-16(18)15-12-17(9-8-14(15)11-17)10-13-6-4-3-5-7-13/h3-7,14-15H,2,8-12H2,1H3/q+1. The van der Waals surface area contributed by atoms with Crippen molar-refractivity contribution in [2.75, 3.05) is 26.2 Å². The molecule has 2 aliphatic rings. The first kappa shape index (κ1) is 12.7. The van der Waals surface area contributed by atoms with Crippen molar-refractivity contribution in [3.8, 4) is 0 Å². The largest absolute Gasteiger partial charge is 0.466 e. The van der Waals surface area contributed by atoms with Gasteiger partial charge >= 0.3 is 5.97 Å². The molecular formula is C16H22NO2+. The van der Waals surface area contributed by atoms with Gasteiger partial charge in [0.25, 0.3) is 0 Å². The number of benzene rings is 1. The molecule has 102 valence electrons. The Morgan fingerprint density at radius 3 is 2.84 bits per heavy atom. The third kappa shape index (κ3) is 2.39. The van der Waals surface area contributed by atoms with Crippen LogP contribution in [0.1, 0.15) is 18.9 Å². The van der Waals surface area contributed by atoms with Crippen molar-refractivity contribution < 1.29 is 14.0 Å². The Hall–Kier alpha value is -1.35. The molecule has 0 amide bonds. The zero-order valence-electron chi connectivity index (χ0n) is 11.5. The minimum absolute atomic E-state index is 0.0280. The number of rotatable bonds is 4. The zero-order chi connectivity index (χ0) is 13.3. The van der Waals surface area contributed by atoms with Gasteiger partial charge in [0, 0.05) is 17.9 Å². The second-order valence-electron chi connectivity index (χ2n) is 5.98. The number of carbonyl (C=O) groups is 1. The number of hydrogen-bond donors (Lipinski definition) is 0. The molecule has 3 heteroatoms. The van der Waals surface area contributed by atoms with Gasteiger partial charge in [-0.25, -0.2) is 0 Å². The number of quaternary nitrogens is 1. The molecule has 2 bridgehead atoms. The Morgan fingerprint density at radius 2 is 2.11 bits per heavy atom. The van der Waals surface area contributed by atoms with Gasteiger partial charge in [0.15, 0.2) is 0 Å². The summed E-state index contributed by atoms with van der Waals surface area (Å²) < 4.78 is 6.31. The van der Waals surface area contributed by atoms with Gasteiger partial charge in [0.1, 0.15) is 12.5 Å². The average molecular weight is 260 g/mol. The van der Waals surface area contributed by atoms with Crippen LogP contribution in [-0.2, 0) is 16.1 Å². The van der Waals surface area contributed by atoms with E-state index in [1.54, 1.807) is 0 Å². The summed E-state index contributed by atoms with van der Waals surface area (Å²) in [6.45, 7) is 6.79. The van der Waals surface area contributed by atoms with Crippen molar-refractivity contribution in [3.05, 3.63) is 35.9 Å². The van der Waals surface area contributed by atoms with E-state index >= 15 is 0 Å². The lowest BCUT2D eigenvalue weighted by Gasteiger charge is -2.33. The fraction of sp³-hybridized carbons (Fsp3) is 0.562. The topological polar surface area (TPSA) is 26.3 Å². The molecule has 0 aliphatic carbocycles. The Morgan fingerprint density at radius 1 is 1.32 bits per heavy atom. The van der Waals surface area contributed by atoms with Crippen molar-refractivity contribution in [1.82, 2.24) is 0 Å². The van der Waals surface area contributed by atoms with E-state index in [0.717, 1.165) is 24.1 Å². The van der Waals surface area contributed by atoms with E-state index in [0.29, 0.717) is 12.5 Å². The third-order valence-electron chi connectivity index (χ3n) is 4.70. The average Bonchev–Trinajstić information content (AvgIpc) is 2.97. The second-order valence-corrected chi connectivity index (χ2v) is 5.98. The number of hydrogen-bond acceptors (Lipinski definition) is 2. The highest BCUT2D eigenvalue weighted by molar-refractivity contribution is 5.73. The Balaban J connectivity index is 1.71. The molecule has 3 atom stereocenters. The summed E-state index contributed by atoms with van der Waals surface area (Å²) in [5.74, 6) is 0.709. The zero-order valence-corrected chi connectivity index (χ0v) is 11.5. The van der Waals surface area contributed by atoms with Crippen LogP contribution in [0.15, 0.2) is 30.3 Å². The number of fused-ring (bicyclic) bond motifs is 2. The van der Waals surface area contributed by atoms with Gasteiger partial charge < -0.3 is 9.22 Å². The lowest BCUT2D eigenvalue weighted by atomic mass is 9.92. The van der Waals surface area contributed by atoms with Crippen LogP contribution >= 0.6 is 0 Å². The van der Waals surface area contributed by atoms with Crippen LogP contribution in [0.25, 0.3) is 0 Å². The van der Waals surface area contributed by atoms with E-state index in [4.69, 9.17) is 4.74 Å². The molecule has 2 fully saturated rings. The monoisotopic (exact) mass is 260 g/mol. The summed E-state index contributed by atoms with van der Waals surface area (Å²) in [5, 5.41) is 0. The molecule has 3 unspecified atom stereocenters. The summed E-state index contributed by atoms with van der Waals surface area (Å²) in [6, 6.07) is 10.6. The van der Waals surface area contributed by atoms with E-state index in [9.17, 15) is 4.79 Å². The Kier molecular flexibility index (Phi) is 3.31. The minimum atomic E-state index is 0.0280. The molecule has 2 aliphatic heterocycles. The van der Waals surface area contributed by atoms with Gasteiger partial charge in [0.2, 0.25) is 0 Å². The van der Waals surface area contributed by atoms with E-state index in [1.165, 1.54) is 18.5 Å². The van der Waals surface area contributed by atoms with Crippen LogP contribution in [0.2, 0.25) is 0 Å². The quantitative estimate of drug-likeness (QED) is 0.613. The third-order valence-corrected chi connectivity index (χ3v) is 4.70. The molecule has 0 saturated carbocycles. The van der Waals surface area contributed by atoms with Crippen molar-refractivity contribution in [2.24, 2.45) is 11.8 Å². The van der Waals surface area contributed by atoms with E-state index in [2.05, 4.69) is 30.3 Å². The van der Waals surface area contributed by atoms with Crippen LogP contribution in [0.3, 0.4) is 0 Å². The predicted octanol–water partition coefficient (Wildman–Crippen LogP) is 2.22. The number of esters is 1. The molecule has 0 aromatic heterocycles. The van der Waals surface area contributed by atoms with Gasteiger partial charge in [0.05, 0.1) is 26.2 Å². The second kappa shape index (κ2) is 4.97. The molecule has 2 saturated heterocycles. The Labute approximate surface area is 114 Å². The SMILES string of the molecule is CCOC(=O)C1C[N+]2(Cc3ccccc3)CCC1C2. The maximum Gasteiger partial charge on any atom is 0.315 e. The number of ether oxygens (including phenoxy) is 1. The van der Waals surface area contributed by atoms with Crippen molar-refractivity contribution in [2.45, 2.75) is 19.9 Å². The van der Waals surface area contributed by atoms with Gasteiger partial charge in [-0.1, -0.05) is 30.3 Å². The van der Waals surface area contributed by atoms with Crippen molar-refractivity contribution >= 4 is 5.97 Å². The molecule has 1 aromatic rings. The molecule has 2 heterocycles. The number of piperidine rings is 1. The minimum Gasteiger partial charge on any atom is -0.466 e. The highest BCUT2D eigenvalue weighted by Gasteiger charge is 2.54. The van der Waals surface area contributed by atoms with Crippen LogP contribution in [-0.4, -0.2) is 36.7 Å². The maximum absolute atomic E-state index is 12.0. The van der Waals surface area contributed by atoms with Crippen LogP contribution in [0.4, 0.5) is 0 Å². The van der Waals surface area contributed by atoms with Crippen molar-refractivity contribution in [1.29, 1.82) is 0 Å². The summed E-state index contributed by atoms with van der Waals surface area (Å²) in [7, 11) is 0. The molecule has 3 nitrogen and oxygen atoms in total. The van der Waals surface area contributed by atoms with Crippen LogP contribution in [0, 0.1) is 11.8 Å². The first-order valence-electron chi connectivity index (χ1n) is 7.28.